The Balaban J connectivity index is 1.46. The van der Waals surface area contributed by atoms with Crippen molar-refractivity contribution in [3.8, 4) is 0 Å². The van der Waals surface area contributed by atoms with Crippen LogP contribution in [0.5, 0.6) is 0 Å². The fraction of sp³-hybridized carbons (Fsp3) is 0.286. The van der Waals surface area contributed by atoms with Gasteiger partial charge in [0, 0.05) is 18.7 Å². The first-order valence-corrected chi connectivity index (χ1v) is 9.92. The van der Waals surface area contributed by atoms with Crippen LogP contribution in [0.25, 0.3) is 10.2 Å². The highest BCUT2D eigenvalue weighted by Gasteiger charge is 2.35. The SMILES string of the molecule is CCc1ccc(N2C[C@H](C(=O)Nc3nc4ccc(C)cc4s3)CC2=O)cc1. The lowest BCUT2D eigenvalue weighted by atomic mass is 10.1. The number of nitrogens with zero attached hydrogens (tertiary/aromatic N) is 2. The van der Waals surface area contributed by atoms with Crippen LogP contribution in [0.1, 0.15) is 24.5 Å². The Bertz CT molecular complexity index is 1010. The third-order valence-electron chi connectivity index (χ3n) is 4.93. The molecule has 27 heavy (non-hydrogen) atoms. The van der Waals surface area contributed by atoms with Crippen LogP contribution in [-0.2, 0) is 16.0 Å². The molecule has 2 amide bonds. The third kappa shape index (κ3) is 3.57. The lowest BCUT2D eigenvalue weighted by Crippen LogP contribution is -2.28. The van der Waals surface area contributed by atoms with Crippen LogP contribution in [0.4, 0.5) is 10.8 Å². The van der Waals surface area contributed by atoms with Gasteiger partial charge in [0.2, 0.25) is 11.8 Å². The summed E-state index contributed by atoms with van der Waals surface area (Å²) in [5.41, 5.74) is 4.12. The molecule has 0 bridgehead atoms. The molecule has 0 radical (unpaired) electrons. The Hall–Kier alpha value is -2.73. The van der Waals surface area contributed by atoms with E-state index in [2.05, 4.69) is 23.3 Å². The van der Waals surface area contributed by atoms with E-state index in [9.17, 15) is 9.59 Å². The van der Waals surface area contributed by atoms with Gasteiger partial charge in [-0.2, -0.15) is 0 Å². The molecule has 1 saturated heterocycles. The number of aryl methyl sites for hydroxylation is 2. The predicted molar refractivity (Wildman–Crippen MR) is 109 cm³/mol. The summed E-state index contributed by atoms with van der Waals surface area (Å²) in [7, 11) is 0. The van der Waals surface area contributed by atoms with Gasteiger partial charge in [0.05, 0.1) is 16.1 Å². The lowest BCUT2D eigenvalue weighted by Gasteiger charge is -2.17. The molecular weight excluding hydrogens is 358 g/mol. The van der Waals surface area contributed by atoms with E-state index in [1.807, 2.05) is 43.3 Å². The number of carbonyl (C=O) groups excluding carboxylic acids is 2. The molecule has 2 heterocycles. The maximum atomic E-state index is 12.7. The molecule has 0 saturated carbocycles. The number of hydrogen-bond donors (Lipinski definition) is 1. The maximum Gasteiger partial charge on any atom is 0.231 e. The summed E-state index contributed by atoms with van der Waals surface area (Å²) in [4.78, 5) is 31.2. The van der Waals surface area contributed by atoms with Crippen molar-refractivity contribution in [2.75, 3.05) is 16.8 Å². The summed E-state index contributed by atoms with van der Waals surface area (Å²) in [6, 6.07) is 14.0. The van der Waals surface area contributed by atoms with E-state index in [1.165, 1.54) is 16.9 Å². The molecule has 1 aliphatic heterocycles. The first-order valence-electron chi connectivity index (χ1n) is 9.11. The van der Waals surface area contributed by atoms with Gasteiger partial charge in [-0.15, -0.1) is 0 Å². The minimum absolute atomic E-state index is 0.0145. The number of rotatable bonds is 4. The van der Waals surface area contributed by atoms with E-state index in [-0.39, 0.29) is 24.2 Å². The van der Waals surface area contributed by atoms with Crippen LogP contribution >= 0.6 is 11.3 Å². The molecule has 3 aromatic rings. The molecule has 6 heteroatoms. The average molecular weight is 379 g/mol. The topological polar surface area (TPSA) is 62.3 Å². The van der Waals surface area contributed by atoms with Gasteiger partial charge in [-0.1, -0.05) is 36.5 Å². The van der Waals surface area contributed by atoms with E-state index in [0.717, 1.165) is 27.9 Å². The second kappa shape index (κ2) is 7.12. The zero-order chi connectivity index (χ0) is 19.0. The Labute approximate surface area is 162 Å². The van der Waals surface area contributed by atoms with Crippen LogP contribution in [0.3, 0.4) is 0 Å². The number of nitrogens with one attached hydrogen (secondary N) is 1. The summed E-state index contributed by atoms with van der Waals surface area (Å²) in [5.74, 6) is -0.525. The van der Waals surface area contributed by atoms with E-state index in [0.29, 0.717) is 11.7 Å². The zero-order valence-electron chi connectivity index (χ0n) is 15.4. The molecule has 5 nitrogen and oxygen atoms in total. The van der Waals surface area contributed by atoms with Gasteiger partial charge in [0.25, 0.3) is 0 Å². The Kier molecular flexibility index (Phi) is 4.66. The van der Waals surface area contributed by atoms with Gasteiger partial charge in [-0.25, -0.2) is 4.98 Å². The van der Waals surface area contributed by atoms with Crippen molar-refractivity contribution in [1.82, 2.24) is 4.98 Å². The molecule has 0 unspecified atom stereocenters. The molecule has 1 aliphatic rings. The first kappa shape index (κ1) is 17.7. The van der Waals surface area contributed by atoms with Gasteiger partial charge < -0.3 is 10.2 Å². The summed E-state index contributed by atoms with van der Waals surface area (Å²) in [6.07, 6.45) is 1.19. The number of fused-ring (bicyclic) bond motifs is 1. The average Bonchev–Trinajstić information content (AvgIpc) is 3.24. The van der Waals surface area contributed by atoms with Crippen molar-refractivity contribution >= 4 is 44.2 Å². The van der Waals surface area contributed by atoms with Crippen LogP contribution in [0.15, 0.2) is 42.5 Å². The van der Waals surface area contributed by atoms with Crippen LogP contribution in [-0.4, -0.2) is 23.3 Å². The normalized spacial score (nSPS) is 16.9. The van der Waals surface area contributed by atoms with Crippen molar-refractivity contribution in [1.29, 1.82) is 0 Å². The van der Waals surface area contributed by atoms with Crippen LogP contribution < -0.4 is 10.2 Å². The van der Waals surface area contributed by atoms with E-state index in [4.69, 9.17) is 0 Å². The Morgan fingerprint density at radius 3 is 2.78 bits per heavy atom. The van der Waals surface area contributed by atoms with Gasteiger partial charge in [-0.05, 0) is 48.7 Å². The molecule has 4 rings (SSSR count). The number of amides is 2. The van der Waals surface area contributed by atoms with E-state index in [1.54, 1.807) is 4.90 Å². The van der Waals surface area contributed by atoms with Gasteiger partial charge in [-0.3, -0.25) is 9.59 Å². The number of thiazole rings is 1. The highest BCUT2D eigenvalue weighted by atomic mass is 32.1. The fourth-order valence-electron chi connectivity index (χ4n) is 3.34. The maximum absolute atomic E-state index is 12.7. The lowest BCUT2D eigenvalue weighted by molar-refractivity contribution is -0.122. The van der Waals surface area contributed by atoms with Crippen molar-refractivity contribution in [3.05, 3.63) is 53.6 Å². The van der Waals surface area contributed by atoms with Crippen LogP contribution in [0, 0.1) is 12.8 Å². The standard InChI is InChI=1S/C21H21N3O2S/c1-3-14-5-7-16(8-6-14)24-12-15(11-19(24)25)20(26)23-21-22-17-9-4-13(2)10-18(17)27-21/h4-10,15H,3,11-12H2,1-2H3,(H,22,23,26)/t15-/m1/s1. The second-order valence-corrected chi connectivity index (χ2v) is 7.94. The summed E-state index contributed by atoms with van der Waals surface area (Å²) >= 11 is 1.46. The number of aromatic nitrogens is 1. The summed E-state index contributed by atoms with van der Waals surface area (Å²) in [5, 5.41) is 3.48. The summed E-state index contributed by atoms with van der Waals surface area (Å²) < 4.78 is 1.05. The molecule has 1 N–H and O–H groups in total. The highest BCUT2D eigenvalue weighted by Crippen LogP contribution is 2.29. The van der Waals surface area contributed by atoms with Crippen molar-refractivity contribution < 1.29 is 9.59 Å². The van der Waals surface area contributed by atoms with Crippen LogP contribution in [0.2, 0.25) is 0 Å². The molecular formula is C21H21N3O2S. The van der Waals surface area contributed by atoms with Gasteiger partial charge in [0.15, 0.2) is 5.13 Å². The quantitative estimate of drug-likeness (QED) is 0.740. The zero-order valence-corrected chi connectivity index (χ0v) is 16.2. The number of hydrogen-bond acceptors (Lipinski definition) is 4. The Morgan fingerprint density at radius 1 is 1.26 bits per heavy atom. The minimum atomic E-state index is -0.364. The predicted octanol–water partition coefficient (Wildman–Crippen LogP) is 4.16. The van der Waals surface area contributed by atoms with Crippen molar-refractivity contribution in [3.63, 3.8) is 0 Å². The second-order valence-electron chi connectivity index (χ2n) is 6.90. The Morgan fingerprint density at radius 2 is 2.04 bits per heavy atom. The van der Waals surface area contributed by atoms with Gasteiger partial charge >= 0.3 is 0 Å². The van der Waals surface area contributed by atoms with E-state index >= 15 is 0 Å². The van der Waals surface area contributed by atoms with Gasteiger partial charge in [0.1, 0.15) is 0 Å². The monoisotopic (exact) mass is 379 g/mol. The number of anilines is 2. The highest BCUT2D eigenvalue weighted by molar-refractivity contribution is 7.22. The summed E-state index contributed by atoms with van der Waals surface area (Å²) in [6.45, 7) is 4.53. The first-order chi connectivity index (χ1) is 13.0. The number of carbonyl (C=O) groups is 2. The smallest absolute Gasteiger partial charge is 0.231 e. The van der Waals surface area contributed by atoms with E-state index < -0.39 is 0 Å². The largest absolute Gasteiger partial charge is 0.312 e. The fourth-order valence-corrected chi connectivity index (χ4v) is 4.30. The molecule has 0 aliphatic carbocycles. The minimum Gasteiger partial charge on any atom is -0.312 e. The molecule has 0 spiro atoms. The molecule has 2 aromatic carbocycles. The van der Waals surface area contributed by atoms with Crippen molar-refractivity contribution in [2.45, 2.75) is 26.7 Å². The molecule has 1 fully saturated rings. The molecule has 1 atom stereocenters. The number of benzene rings is 2. The molecule has 1 aromatic heterocycles. The third-order valence-corrected chi connectivity index (χ3v) is 5.86. The molecule has 138 valence electrons. The van der Waals surface area contributed by atoms with Crippen molar-refractivity contribution in [2.24, 2.45) is 5.92 Å².